The van der Waals surface area contributed by atoms with Crippen molar-refractivity contribution in [2.24, 2.45) is 0 Å². The fraction of sp³-hybridized carbons (Fsp3) is 0.500. The van der Waals surface area contributed by atoms with Gasteiger partial charge in [-0.1, -0.05) is 0 Å². The maximum atomic E-state index is 12.6. The molecule has 138 valence electrons. The monoisotopic (exact) mass is 361 g/mol. The summed E-state index contributed by atoms with van der Waals surface area (Å²) in [4.78, 5) is 24.7. The Hall–Kier alpha value is -2.29. The summed E-state index contributed by atoms with van der Waals surface area (Å²) >= 11 is 0. The molecule has 0 radical (unpaired) electrons. The van der Waals surface area contributed by atoms with Crippen LogP contribution in [0.1, 0.15) is 29.6 Å². The predicted molar refractivity (Wildman–Crippen MR) is 80.3 cm³/mol. The third kappa shape index (κ3) is 6.26. The number of hydrogen-bond donors (Lipinski definition) is 1. The van der Waals surface area contributed by atoms with Gasteiger partial charge in [-0.05, 0) is 37.1 Å². The molecule has 1 aromatic rings. The molecule has 1 fully saturated rings. The third-order valence-electron chi connectivity index (χ3n) is 3.67. The summed E-state index contributed by atoms with van der Waals surface area (Å²) in [5.41, 5.74) is 0.151. The lowest BCUT2D eigenvalue weighted by atomic mass is 10.1. The number of alkyl halides is 3. The molecule has 1 amide bonds. The first-order valence-corrected chi connectivity index (χ1v) is 7.73. The van der Waals surface area contributed by atoms with Gasteiger partial charge in [-0.3, -0.25) is 9.59 Å². The van der Waals surface area contributed by atoms with Crippen LogP contribution >= 0.6 is 0 Å². The zero-order valence-corrected chi connectivity index (χ0v) is 13.3. The maximum Gasteiger partial charge on any atom is 0.573 e. The lowest BCUT2D eigenvalue weighted by Crippen LogP contribution is -2.38. The largest absolute Gasteiger partial charge is 0.573 e. The molecule has 1 aliphatic rings. The highest BCUT2D eigenvalue weighted by Gasteiger charge is 2.31. The molecular weight excluding hydrogens is 343 g/mol. The quantitative estimate of drug-likeness (QED) is 0.808. The summed E-state index contributed by atoms with van der Waals surface area (Å²) in [6, 6.07) is 4.52. The number of hydrogen-bond acceptors (Lipinski definition) is 4. The van der Waals surface area contributed by atoms with Gasteiger partial charge in [0.25, 0.3) is 5.91 Å². The number of nitrogens with zero attached hydrogens (tertiary/aromatic N) is 1. The minimum Gasteiger partial charge on any atom is -0.481 e. The van der Waals surface area contributed by atoms with E-state index in [1.165, 1.54) is 17.0 Å². The molecule has 2 rings (SSSR count). The molecule has 1 N–H and O–H groups in total. The Labute approximate surface area is 142 Å². The predicted octanol–water partition coefficient (Wildman–Crippen LogP) is 2.68. The van der Waals surface area contributed by atoms with Gasteiger partial charge in [-0.15, -0.1) is 13.2 Å². The molecule has 0 spiro atoms. The van der Waals surface area contributed by atoms with Crippen LogP contribution in [0.15, 0.2) is 24.3 Å². The van der Waals surface area contributed by atoms with Crippen molar-refractivity contribution in [3.63, 3.8) is 0 Å². The minimum atomic E-state index is -4.81. The van der Waals surface area contributed by atoms with Crippen LogP contribution in [0.4, 0.5) is 13.2 Å². The lowest BCUT2D eigenvalue weighted by molar-refractivity contribution is -0.274. The highest BCUT2D eigenvalue weighted by Crippen LogP contribution is 2.23. The van der Waals surface area contributed by atoms with Crippen LogP contribution in [0.3, 0.4) is 0 Å². The Bertz CT molecular complexity index is 597. The van der Waals surface area contributed by atoms with E-state index in [0.717, 1.165) is 25.0 Å². The number of carboxylic acid groups (broad SMARTS) is 1. The van der Waals surface area contributed by atoms with Gasteiger partial charge in [0.15, 0.2) is 0 Å². The molecule has 0 aliphatic carbocycles. The first kappa shape index (κ1) is 19.0. The third-order valence-corrected chi connectivity index (χ3v) is 3.67. The van der Waals surface area contributed by atoms with Crippen LogP contribution in [0.5, 0.6) is 5.75 Å². The zero-order valence-electron chi connectivity index (χ0n) is 13.3. The Morgan fingerprint density at radius 1 is 1.28 bits per heavy atom. The number of carbonyl (C=O) groups is 2. The SMILES string of the molecule is O=C(O)CCN(C[C@@H]1CCCO1)C(=O)c1ccc(OC(F)(F)F)cc1. The number of halogens is 3. The summed E-state index contributed by atoms with van der Waals surface area (Å²) in [6.07, 6.45) is -3.55. The Morgan fingerprint density at radius 2 is 1.96 bits per heavy atom. The molecular formula is C16H18F3NO5. The summed E-state index contributed by atoms with van der Waals surface area (Å²) in [5.74, 6) is -1.94. The second-order valence-corrected chi connectivity index (χ2v) is 5.60. The van der Waals surface area contributed by atoms with E-state index in [1.54, 1.807) is 0 Å². The van der Waals surface area contributed by atoms with Gasteiger partial charge < -0.3 is 19.5 Å². The van der Waals surface area contributed by atoms with Crippen molar-refractivity contribution in [3.05, 3.63) is 29.8 Å². The molecule has 1 atom stereocenters. The number of carboxylic acids is 1. The van der Waals surface area contributed by atoms with E-state index in [0.29, 0.717) is 6.61 Å². The van der Waals surface area contributed by atoms with E-state index < -0.39 is 24.0 Å². The van der Waals surface area contributed by atoms with E-state index in [-0.39, 0.29) is 31.2 Å². The lowest BCUT2D eigenvalue weighted by Gasteiger charge is -2.25. The molecule has 9 heteroatoms. The Balaban J connectivity index is 2.06. The molecule has 0 aromatic heterocycles. The molecule has 0 unspecified atom stereocenters. The number of rotatable bonds is 7. The van der Waals surface area contributed by atoms with Crippen LogP contribution in [0, 0.1) is 0 Å². The molecule has 1 aliphatic heterocycles. The van der Waals surface area contributed by atoms with Gasteiger partial charge in [0, 0.05) is 25.3 Å². The van der Waals surface area contributed by atoms with Crippen LogP contribution < -0.4 is 4.74 Å². The highest BCUT2D eigenvalue weighted by atomic mass is 19.4. The van der Waals surface area contributed by atoms with Crippen LogP contribution in [0.2, 0.25) is 0 Å². The van der Waals surface area contributed by atoms with Crippen molar-refractivity contribution in [2.45, 2.75) is 31.7 Å². The van der Waals surface area contributed by atoms with Crippen LogP contribution in [-0.2, 0) is 9.53 Å². The fourth-order valence-electron chi connectivity index (χ4n) is 2.52. The maximum absolute atomic E-state index is 12.6. The van der Waals surface area contributed by atoms with Crippen molar-refractivity contribution >= 4 is 11.9 Å². The first-order chi connectivity index (χ1) is 11.7. The van der Waals surface area contributed by atoms with Gasteiger partial charge >= 0.3 is 12.3 Å². The molecule has 6 nitrogen and oxygen atoms in total. The molecule has 0 bridgehead atoms. The van der Waals surface area contributed by atoms with Gasteiger partial charge in [-0.25, -0.2) is 0 Å². The zero-order chi connectivity index (χ0) is 18.4. The minimum absolute atomic E-state index is 0.00513. The highest BCUT2D eigenvalue weighted by molar-refractivity contribution is 5.94. The van der Waals surface area contributed by atoms with Crippen molar-refractivity contribution in [2.75, 3.05) is 19.7 Å². The van der Waals surface area contributed by atoms with E-state index in [2.05, 4.69) is 4.74 Å². The summed E-state index contributed by atoms with van der Waals surface area (Å²) in [5, 5.41) is 8.83. The smallest absolute Gasteiger partial charge is 0.481 e. The van der Waals surface area contributed by atoms with Gasteiger partial charge in [-0.2, -0.15) is 0 Å². The molecule has 1 saturated heterocycles. The van der Waals surface area contributed by atoms with Gasteiger partial charge in [0.2, 0.25) is 0 Å². The van der Waals surface area contributed by atoms with Gasteiger partial charge in [0.05, 0.1) is 12.5 Å². The van der Waals surface area contributed by atoms with Crippen molar-refractivity contribution in [1.82, 2.24) is 4.90 Å². The average Bonchev–Trinajstić information content (AvgIpc) is 3.03. The summed E-state index contributed by atoms with van der Waals surface area (Å²) in [7, 11) is 0. The second kappa shape index (κ2) is 8.19. The van der Waals surface area contributed by atoms with Crippen molar-refractivity contribution < 1.29 is 37.3 Å². The standard InChI is InChI=1S/C16H18F3NO5/c17-16(18,19)25-12-5-3-11(4-6-12)15(23)20(8-7-14(21)22)10-13-2-1-9-24-13/h3-6,13H,1-2,7-10H2,(H,21,22)/t13-/m0/s1. The van der Waals surface area contributed by atoms with E-state index in [4.69, 9.17) is 9.84 Å². The van der Waals surface area contributed by atoms with Gasteiger partial charge in [0.1, 0.15) is 5.75 Å². The van der Waals surface area contributed by atoms with Crippen molar-refractivity contribution in [3.8, 4) is 5.75 Å². The summed E-state index contributed by atoms with van der Waals surface area (Å²) in [6.45, 7) is 0.830. The number of carbonyl (C=O) groups excluding carboxylic acids is 1. The van der Waals surface area contributed by atoms with Crippen molar-refractivity contribution in [1.29, 1.82) is 0 Å². The fourth-order valence-corrected chi connectivity index (χ4v) is 2.52. The van der Waals surface area contributed by atoms with E-state index in [9.17, 15) is 22.8 Å². The number of aliphatic carboxylic acids is 1. The normalized spacial score (nSPS) is 17.3. The second-order valence-electron chi connectivity index (χ2n) is 5.60. The first-order valence-electron chi connectivity index (χ1n) is 7.73. The molecule has 1 heterocycles. The Morgan fingerprint density at radius 3 is 2.48 bits per heavy atom. The van der Waals surface area contributed by atoms with Crippen LogP contribution in [0.25, 0.3) is 0 Å². The number of amides is 1. The summed E-state index contributed by atoms with van der Waals surface area (Å²) < 4.78 is 45.7. The van der Waals surface area contributed by atoms with Crippen LogP contribution in [-0.4, -0.2) is 54.0 Å². The van der Waals surface area contributed by atoms with E-state index in [1.807, 2.05) is 0 Å². The Kier molecular flexibility index (Phi) is 6.24. The molecule has 1 aromatic carbocycles. The number of benzene rings is 1. The topological polar surface area (TPSA) is 76.1 Å². The van der Waals surface area contributed by atoms with E-state index >= 15 is 0 Å². The average molecular weight is 361 g/mol. The molecule has 25 heavy (non-hydrogen) atoms. The number of ether oxygens (including phenoxy) is 2. The molecule has 0 saturated carbocycles.